The molecule has 0 amide bonds. The summed E-state index contributed by atoms with van der Waals surface area (Å²) in [4.78, 5) is 26.0. The van der Waals surface area contributed by atoms with E-state index in [-0.39, 0.29) is 21.6 Å². The predicted molar refractivity (Wildman–Crippen MR) is 225 cm³/mol. The molecule has 4 aromatic carbocycles. The number of carboxylic acids is 2. The molecule has 0 N–H and O–H groups in total. The first-order valence-corrected chi connectivity index (χ1v) is 21.8. The molecule has 0 aromatic heterocycles. The number of ether oxygens (including phenoxy) is 6. The SMILES string of the molecule is CCC(C(=O)[O-])[N+]1(C)CCc2cc(OC)c3cc2C1Cc1ccc(cc1)Oc1cc(ccc1OC)CC1c2c(cc(OC)c(OCCBr)c2O3)CC[N+]1(C)C(CC)C(=O)[O-]. The smallest absolute Gasteiger partial charge is 0.204 e. The molecule has 8 rings (SSSR count). The Morgan fingerprint density at radius 3 is 1.90 bits per heavy atom. The third-order valence-electron chi connectivity index (χ3n) is 13.3. The number of fused-ring (bicyclic) bond motifs is 2. The van der Waals surface area contributed by atoms with Crippen molar-refractivity contribution >= 4 is 27.9 Å². The molecule has 0 aliphatic carbocycles. The van der Waals surface area contributed by atoms with Crippen molar-refractivity contribution in [2.75, 3.05) is 60.5 Å². The van der Waals surface area contributed by atoms with Crippen LogP contribution in [0.1, 0.15) is 72.2 Å². The van der Waals surface area contributed by atoms with Crippen LogP contribution in [0, 0.1) is 0 Å². The fourth-order valence-electron chi connectivity index (χ4n) is 10.1. The topological polar surface area (TPSA) is 136 Å². The number of aliphatic carboxylic acids is 2. The average Bonchev–Trinajstić information content (AvgIpc) is 3.23. The molecule has 0 saturated heterocycles. The molecule has 6 unspecified atom stereocenters. The maximum absolute atomic E-state index is 13.1. The summed E-state index contributed by atoms with van der Waals surface area (Å²) >= 11 is 3.53. The molecule has 4 aliphatic rings. The van der Waals surface area contributed by atoms with Crippen molar-refractivity contribution in [1.82, 2.24) is 0 Å². The van der Waals surface area contributed by atoms with Gasteiger partial charge in [0.25, 0.3) is 0 Å². The maximum atomic E-state index is 13.1. The second-order valence-corrected chi connectivity index (χ2v) is 17.2. The van der Waals surface area contributed by atoms with E-state index in [0.29, 0.717) is 103 Å². The number of quaternary nitrogens is 2. The third kappa shape index (κ3) is 7.75. The van der Waals surface area contributed by atoms with Crippen molar-refractivity contribution < 1.29 is 57.2 Å². The maximum Gasteiger partial charge on any atom is 0.204 e. The Labute approximate surface area is 360 Å². The van der Waals surface area contributed by atoms with Crippen LogP contribution in [0.4, 0.5) is 0 Å². The van der Waals surface area contributed by atoms with Gasteiger partial charge in [-0.2, -0.15) is 0 Å². The van der Waals surface area contributed by atoms with E-state index in [2.05, 4.69) is 15.9 Å². The summed E-state index contributed by atoms with van der Waals surface area (Å²) < 4.78 is 38.5. The Hall–Kier alpha value is -4.98. The molecule has 4 aliphatic heterocycles. The van der Waals surface area contributed by atoms with Crippen molar-refractivity contribution in [1.29, 1.82) is 0 Å². The zero-order valence-corrected chi connectivity index (χ0v) is 37.1. The number of halogens is 1. The molecule has 6 bridgehead atoms. The fraction of sp³-hybridized carbons (Fsp3) is 0.447. The van der Waals surface area contributed by atoms with Gasteiger partial charge in [0.1, 0.15) is 29.9 Å². The van der Waals surface area contributed by atoms with E-state index in [4.69, 9.17) is 28.4 Å². The largest absolute Gasteiger partial charge is 0.544 e. The van der Waals surface area contributed by atoms with Crippen molar-refractivity contribution in [2.24, 2.45) is 0 Å². The van der Waals surface area contributed by atoms with Gasteiger partial charge >= 0.3 is 0 Å². The van der Waals surface area contributed by atoms with Gasteiger partial charge in [0.2, 0.25) is 5.75 Å². The zero-order chi connectivity index (χ0) is 42.9. The summed E-state index contributed by atoms with van der Waals surface area (Å²) in [5, 5.41) is 26.5. The van der Waals surface area contributed by atoms with Crippen molar-refractivity contribution in [2.45, 2.75) is 76.5 Å². The van der Waals surface area contributed by atoms with Crippen LogP contribution in [-0.4, -0.2) is 93.4 Å². The number of carbonyl (C=O) groups is 2. The van der Waals surface area contributed by atoms with Crippen molar-refractivity contribution in [3.8, 4) is 46.0 Å². The number of methoxy groups -OCH3 is 3. The van der Waals surface area contributed by atoms with Gasteiger partial charge in [-0.3, -0.25) is 0 Å². The highest BCUT2D eigenvalue weighted by Gasteiger charge is 2.49. The molecule has 6 atom stereocenters. The summed E-state index contributed by atoms with van der Waals surface area (Å²) in [5.41, 5.74) is 5.62. The highest BCUT2D eigenvalue weighted by atomic mass is 79.9. The summed E-state index contributed by atoms with van der Waals surface area (Å²) in [6.07, 6.45) is 2.80. The first-order chi connectivity index (χ1) is 28.8. The molecule has 60 heavy (non-hydrogen) atoms. The quantitative estimate of drug-likeness (QED) is 0.123. The Balaban J connectivity index is 1.56. The number of nitrogens with zero attached hydrogens (tertiary/aromatic N) is 2. The van der Waals surface area contributed by atoms with Gasteiger partial charge in [0, 0.05) is 49.4 Å². The monoisotopic (exact) mass is 886 g/mol. The molecule has 0 saturated carbocycles. The molecule has 320 valence electrons. The number of benzene rings is 4. The van der Waals surface area contributed by atoms with E-state index < -0.39 is 30.1 Å². The normalized spacial score (nSPS) is 22.7. The van der Waals surface area contributed by atoms with Crippen LogP contribution in [0.25, 0.3) is 0 Å². The molecular weight excluding hydrogens is 832 g/mol. The van der Waals surface area contributed by atoms with Gasteiger partial charge in [0.05, 0.1) is 72.6 Å². The van der Waals surface area contributed by atoms with E-state index in [1.165, 1.54) is 0 Å². The summed E-state index contributed by atoms with van der Waals surface area (Å²) in [6, 6.07) is 17.2. The van der Waals surface area contributed by atoms with E-state index >= 15 is 0 Å². The van der Waals surface area contributed by atoms with Gasteiger partial charge in [-0.25, -0.2) is 0 Å². The van der Waals surface area contributed by atoms with Crippen LogP contribution >= 0.6 is 15.9 Å². The Kier molecular flexibility index (Phi) is 12.6. The Bertz CT molecular complexity index is 2250. The number of rotatable bonds is 12. The number of hydrogen-bond donors (Lipinski definition) is 0. The van der Waals surface area contributed by atoms with Gasteiger partial charge in [-0.05, 0) is 64.7 Å². The number of hydrogen-bond acceptors (Lipinski definition) is 10. The zero-order valence-electron chi connectivity index (χ0n) is 35.5. The second kappa shape index (κ2) is 17.6. The molecular formula is C47H55BrN2O10. The van der Waals surface area contributed by atoms with E-state index in [9.17, 15) is 19.8 Å². The minimum Gasteiger partial charge on any atom is -0.544 e. The summed E-state index contributed by atoms with van der Waals surface area (Å²) in [7, 11) is 8.80. The van der Waals surface area contributed by atoms with Crippen LogP contribution in [0.15, 0.2) is 60.7 Å². The Morgan fingerprint density at radius 1 is 0.733 bits per heavy atom. The lowest BCUT2D eigenvalue weighted by Crippen LogP contribution is -2.63. The number of carboxylic acid groups (broad SMARTS) is 2. The van der Waals surface area contributed by atoms with Crippen molar-refractivity contribution in [3.05, 3.63) is 94.0 Å². The van der Waals surface area contributed by atoms with E-state index in [1.807, 2.05) is 88.6 Å². The van der Waals surface area contributed by atoms with Crippen molar-refractivity contribution in [3.63, 3.8) is 0 Å². The average molecular weight is 888 g/mol. The van der Waals surface area contributed by atoms with Crippen LogP contribution < -0.4 is 38.6 Å². The van der Waals surface area contributed by atoms with Gasteiger partial charge in [-0.15, -0.1) is 0 Å². The lowest BCUT2D eigenvalue weighted by molar-refractivity contribution is -0.958. The summed E-state index contributed by atoms with van der Waals surface area (Å²) in [6.45, 7) is 5.15. The number of likely N-dealkylation sites (N-methyl/N-ethyl adjacent to an activating group) is 2. The van der Waals surface area contributed by atoms with Gasteiger partial charge in [0.15, 0.2) is 34.5 Å². The highest BCUT2D eigenvalue weighted by Crippen LogP contribution is 2.54. The van der Waals surface area contributed by atoms with Crippen LogP contribution in [0.2, 0.25) is 0 Å². The highest BCUT2D eigenvalue weighted by molar-refractivity contribution is 9.09. The minimum atomic E-state index is -1.12. The van der Waals surface area contributed by atoms with Crippen LogP contribution in [-0.2, 0) is 35.3 Å². The third-order valence-corrected chi connectivity index (χ3v) is 13.7. The molecule has 13 heteroatoms. The van der Waals surface area contributed by atoms with Crippen LogP contribution in [0.3, 0.4) is 0 Å². The van der Waals surface area contributed by atoms with Gasteiger partial charge in [-0.1, -0.05) is 48.0 Å². The number of alkyl halides is 1. The fourth-order valence-corrected chi connectivity index (χ4v) is 10.3. The minimum absolute atomic E-state index is 0.136. The van der Waals surface area contributed by atoms with E-state index in [1.54, 1.807) is 21.3 Å². The lowest BCUT2D eigenvalue weighted by atomic mass is 9.83. The Morgan fingerprint density at radius 2 is 1.30 bits per heavy atom. The molecule has 0 radical (unpaired) electrons. The first kappa shape index (κ1) is 43.1. The molecule has 12 nitrogen and oxygen atoms in total. The molecule has 0 spiro atoms. The standard InChI is InChI=1S/C47H55BrN2O10/c1-8-34(46(51)52)49(3)19-16-30-25-39(56-6)41-27-33(30)36(49)22-28-10-13-32(14-11-28)59-40-24-29(12-15-38(40)55-5)23-37-43-31(17-20-50(37,4)35(9-2)47(53)54)26-42(57-7)44(45(43)60-41)58-21-18-48/h10-15,24-27,34-37H,8-9,16-23H2,1-7H3. The number of carbonyl (C=O) groups excluding carboxylic acids is 2. The predicted octanol–water partition coefficient (Wildman–Crippen LogP) is 6.01. The van der Waals surface area contributed by atoms with Gasteiger partial charge < -0.3 is 57.2 Å². The second-order valence-electron chi connectivity index (χ2n) is 16.4. The molecule has 4 heterocycles. The van der Waals surface area contributed by atoms with E-state index in [0.717, 1.165) is 33.4 Å². The molecule has 4 aromatic rings. The van der Waals surface area contributed by atoms with Crippen LogP contribution in [0.5, 0.6) is 46.0 Å². The molecule has 0 fully saturated rings. The first-order valence-electron chi connectivity index (χ1n) is 20.7. The summed E-state index contributed by atoms with van der Waals surface area (Å²) in [5.74, 6) is 1.62. The lowest BCUT2D eigenvalue weighted by Gasteiger charge is -2.51.